The first-order chi connectivity index (χ1) is 18.0. The predicted octanol–water partition coefficient (Wildman–Crippen LogP) is 4.45. The fourth-order valence-electron chi connectivity index (χ4n) is 6.26. The molecule has 1 aromatic carbocycles. The van der Waals surface area contributed by atoms with Gasteiger partial charge in [0, 0.05) is 47.9 Å². The van der Waals surface area contributed by atoms with Crippen molar-refractivity contribution in [1.82, 2.24) is 14.9 Å². The monoisotopic (exact) mass is 568 g/mol. The van der Waals surface area contributed by atoms with E-state index in [0.29, 0.717) is 24.0 Å². The van der Waals surface area contributed by atoms with Crippen molar-refractivity contribution >= 4 is 40.3 Å². The van der Waals surface area contributed by atoms with E-state index in [0.717, 1.165) is 79.5 Å². The Balaban J connectivity index is 0.000000207. The van der Waals surface area contributed by atoms with E-state index in [1.165, 1.54) is 19.3 Å². The van der Waals surface area contributed by atoms with E-state index in [-0.39, 0.29) is 11.8 Å². The van der Waals surface area contributed by atoms with Crippen LogP contribution in [-0.4, -0.2) is 68.9 Å². The molecule has 1 aliphatic carbocycles. The van der Waals surface area contributed by atoms with Gasteiger partial charge in [-0.2, -0.15) is 11.8 Å². The van der Waals surface area contributed by atoms with Gasteiger partial charge in [0.25, 0.3) is 0 Å². The Hall–Kier alpha value is -0.640. The maximum absolute atomic E-state index is 12.8. The van der Waals surface area contributed by atoms with Crippen LogP contribution in [0.1, 0.15) is 76.2 Å². The minimum Gasteiger partial charge on any atom is -0.352 e. The predicted molar refractivity (Wildman–Crippen MR) is 157 cm³/mol. The molecule has 1 aromatic rings. The van der Waals surface area contributed by atoms with E-state index in [2.05, 4.69) is 21.9 Å². The van der Waals surface area contributed by atoms with Gasteiger partial charge in [0.1, 0.15) is 0 Å². The van der Waals surface area contributed by atoms with Crippen LogP contribution in [0.25, 0.3) is 0 Å². The summed E-state index contributed by atoms with van der Waals surface area (Å²) in [6, 6.07) is 8.81. The standard InChI is InChI=1S/C19H27ClN2OS.C9H18N2OS/c20-15-7-5-13(6-8-15)17(14-9-11-24-12-10-14)18(21)19(23)22-16-3-1-2-4-16;1-2-9-6-10-8-4-3-5-13(12)11(9)7-8/h5-8,14,16-18H,1-4,9-12,21H2,(H,22,23);8-10H,2-7H2,1H3/t;8-,9?,13?/m.1/s1. The summed E-state index contributed by atoms with van der Waals surface area (Å²) in [4.78, 5) is 12.8. The zero-order chi connectivity index (χ0) is 26.2. The molecule has 3 aliphatic heterocycles. The van der Waals surface area contributed by atoms with Crippen LogP contribution in [0.5, 0.6) is 0 Å². The molecule has 37 heavy (non-hydrogen) atoms. The lowest BCUT2D eigenvalue weighted by Gasteiger charge is -2.36. The molecule has 3 saturated heterocycles. The van der Waals surface area contributed by atoms with Gasteiger partial charge in [-0.3, -0.25) is 4.79 Å². The first-order valence-electron chi connectivity index (χ1n) is 14.2. The van der Waals surface area contributed by atoms with Crippen LogP contribution in [0.3, 0.4) is 0 Å². The molecule has 2 bridgehead atoms. The number of hydrogen-bond acceptors (Lipinski definition) is 5. The molecule has 5 rings (SSSR count). The summed E-state index contributed by atoms with van der Waals surface area (Å²) >= 11 is 8.04. The summed E-state index contributed by atoms with van der Waals surface area (Å²) in [5.41, 5.74) is 7.63. The summed E-state index contributed by atoms with van der Waals surface area (Å²) in [6.07, 6.45) is 10.3. The van der Waals surface area contributed by atoms with Crippen LogP contribution in [0.15, 0.2) is 24.3 Å². The average molecular weight is 569 g/mol. The molecular formula is C28H45ClN4O2S2. The largest absolute Gasteiger partial charge is 0.352 e. The van der Waals surface area contributed by atoms with Crippen LogP contribution in [-0.2, 0) is 15.8 Å². The molecule has 4 aliphatic rings. The quantitative estimate of drug-likeness (QED) is 0.472. The fraction of sp³-hybridized carbons (Fsp3) is 0.750. The van der Waals surface area contributed by atoms with Crippen LogP contribution >= 0.6 is 23.4 Å². The molecule has 6 atom stereocenters. The zero-order valence-corrected chi connectivity index (χ0v) is 24.6. The van der Waals surface area contributed by atoms with Crippen LogP contribution in [0.4, 0.5) is 0 Å². The number of rotatable bonds is 6. The van der Waals surface area contributed by atoms with Crippen LogP contribution in [0.2, 0.25) is 5.02 Å². The molecule has 0 aromatic heterocycles. The third kappa shape index (κ3) is 8.18. The Morgan fingerprint density at radius 3 is 2.54 bits per heavy atom. The van der Waals surface area contributed by atoms with E-state index in [4.69, 9.17) is 17.3 Å². The van der Waals surface area contributed by atoms with E-state index in [1.54, 1.807) is 0 Å². The van der Waals surface area contributed by atoms with Gasteiger partial charge in [-0.05, 0) is 80.1 Å². The van der Waals surface area contributed by atoms with Crippen molar-refractivity contribution in [3.63, 3.8) is 0 Å². The molecule has 0 spiro atoms. The van der Waals surface area contributed by atoms with E-state index in [9.17, 15) is 9.00 Å². The van der Waals surface area contributed by atoms with Crippen molar-refractivity contribution in [2.24, 2.45) is 11.7 Å². The van der Waals surface area contributed by atoms with E-state index in [1.807, 2.05) is 36.0 Å². The minimum absolute atomic E-state index is 0.0140. The normalized spacial score (nSPS) is 30.5. The topological polar surface area (TPSA) is 87.5 Å². The third-order valence-electron chi connectivity index (χ3n) is 8.47. The number of hydrogen-bond donors (Lipinski definition) is 3. The SMILES string of the molecule is CCC1CN[C@@H]2CCCS(=O)N1C2.NC(C(=O)NC1CCCC1)C(c1ccc(Cl)cc1)C1CCSCC1. The molecule has 4 fully saturated rings. The van der Waals surface area contributed by atoms with Crippen molar-refractivity contribution < 1.29 is 9.00 Å². The lowest BCUT2D eigenvalue weighted by atomic mass is 9.77. The third-order valence-corrected chi connectivity index (χ3v) is 11.4. The average Bonchev–Trinajstić information content (AvgIpc) is 3.39. The van der Waals surface area contributed by atoms with Crippen LogP contribution in [0, 0.1) is 5.92 Å². The van der Waals surface area contributed by atoms with Gasteiger partial charge in [-0.15, -0.1) is 0 Å². The van der Waals surface area contributed by atoms with Crippen molar-refractivity contribution in [3.05, 3.63) is 34.9 Å². The summed E-state index contributed by atoms with van der Waals surface area (Å²) in [7, 11) is -0.701. The minimum atomic E-state index is -0.701. The maximum Gasteiger partial charge on any atom is 0.237 e. The van der Waals surface area contributed by atoms with Crippen molar-refractivity contribution in [2.75, 3.05) is 30.3 Å². The highest BCUT2D eigenvalue weighted by Crippen LogP contribution is 2.37. The van der Waals surface area contributed by atoms with Gasteiger partial charge in [0.2, 0.25) is 5.91 Å². The first kappa shape index (κ1) is 29.3. The van der Waals surface area contributed by atoms with Gasteiger partial charge in [-0.25, -0.2) is 8.51 Å². The highest BCUT2D eigenvalue weighted by molar-refractivity contribution is 7.99. The van der Waals surface area contributed by atoms with Crippen LogP contribution < -0.4 is 16.4 Å². The number of nitrogens with two attached hydrogens (primary N) is 1. The number of thioether (sulfide) groups is 1. The number of benzene rings is 1. The Labute approximate surface area is 235 Å². The number of nitrogens with zero attached hydrogens (tertiary/aromatic N) is 1. The lowest BCUT2D eigenvalue weighted by Crippen LogP contribution is -2.55. The van der Waals surface area contributed by atoms with Gasteiger partial charge < -0.3 is 16.4 Å². The zero-order valence-electron chi connectivity index (χ0n) is 22.2. The van der Waals surface area contributed by atoms with Gasteiger partial charge >= 0.3 is 0 Å². The molecule has 5 unspecified atom stereocenters. The molecular weight excluding hydrogens is 524 g/mol. The Morgan fingerprint density at radius 2 is 1.86 bits per heavy atom. The first-order valence-corrected chi connectivity index (χ1v) is 17.0. The molecule has 9 heteroatoms. The van der Waals surface area contributed by atoms with E-state index < -0.39 is 17.0 Å². The highest BCUT2D eigenvalue weighted by Gasteiger charge is 2.35. The Bertz CT molecular complexity index is 877. The molecule has 0 radical (unpaired) electrons. The summed E-state index contributed by atoms with van der Waals surface area (Å²) < 4.78 is 14.0. The number of amides is 1. The maximum atomic E-state index is 12.8. The molecule has 4 N–H and O–H groups in total. The molecule has 6 nitrogen and oxygen atoms in total. The second-order valence-corrected chi connectivity index (χ2v) is 14.2. The number of fused-ring (bicyclic) bond motifs is 2. The second-order valence-electron chi connectivity index (χ2n) is 11.0. The molecule has 208 valence electrons. The molecule has 1 saturated carbocycles. The molecule has 3 heterocycles. The number of piperazine rings is 1. The second kappa shape index (κ2) is 14.7. The number of carbonyl (C=O) groups excluding carboxylic acids is 1. The van der Waals surface area contributed by atoms with Crippen molar-refractivity contribution in [2.45, 2.75) is 94.8 Å². The highest BCUT2D eigenvalue weighted by atomic mass is 35.5. The summed E-state index contributed by atoms with van der Waals surface area (Å²) in [5, 5.41) is 7.44. The van der Waals surface area contributed by atoms with Gasteiger partial charge in [0.05, 0.1) is 17.0 Å². The summed E-state index contributed by atoms with van der Waals surface area (Å²) in [6.45, 7) is 4.19. The Morgan fingerprint density at radius 1 is 1.16 bits per heavy atom. The van der Waals surface area contributed by atoms with Gasteiger partial charge in [0.15, 0.2) is 0 Å². The molecule has 1 amide bonds. The lowest BCUT2D eigenvalue weighted by molar-refractivity contribution is -0.123. The Kier molecular flexibility index (Phi) is 11.6. The number of carbonyl (C=O) groups is 1. The van der Waals surface area contributed by atoms with Crippen molar-refractivity contribution in [3.8, 4) is 0 Å². The smallest absolute Gasteiger partial charge is 0.237 e. The van der Waals surface area contributed by atoms with Crippen molar-refractivity contribution in [1.29, 1.82) is 0 Å². The van der Waals surface area contributed by atoms with E-state index >= 15 is 0 Å². The number of nitrogens with one attached hydrogen (secondary N) is 2. The van der Waals surface area contributed by atoms with Gasteiger partial charge in [-0.1, -0.05) is 43.5 Å². The number of halogens is 1. The fourth-order valence-corrected chi connectivity index (χ4v) is 9.08. The summed E-state index contributed by atoms with van der Waals surface area (Å²) in [5.74, 6) is 3.74.